The molecule has 0 radical (unpaired) electrons. The largest absolute Gasteiger partial charge is 0.367 e. The molecule has 1 aliphatic heterocycles. The Morgan fingerprint density at radius 1 is 1.29 bits per heavy atom. The summed E-state index contributed by atoms with van der Waals surface area (Å²) in [6.07, 6.45) is 1.16. The molecular weight excluding hydrogens is 331 g/mol. The van der Waals surface area contributed by atoms with E-state index in [2.05, 4.69) is 0 Å². The fourth-order valence-corrected chi connectivity index (χ4v) is 3.24. The van der Waals surface area contributed by atoms with Crippen molar-refractivity contribution in [1.82, 2.24) is 4.90 Å². The van der Waals surface area contributed by atoms with E-state index in [1.807, 2.05) is 25.7 Å². The first-order valence-electron chi connectivity index (χ1n) is 8.36. The van der Waals surface area contributed by atoms with Gasteiger partial charge in [0.25, 0.3) is 0 Å². The standard InChI is InChI=1S/C18H27FN2O2.ClH/c1-4-18(5-2,12-20)17(22)21-10-13(3)23-16(11-21)14-6-8-15(19)9-7-14;/h6-9,13,16H,4-5,10-12,20H2,1-3H3;1H. The third-order valence-electron chi connectivity index (χ3n) is 4.99. The molecule has 1 heterocycles. The number of carbonyl (C=O) groups is 1. The topological polar surface area (TPSA) is 55.6 Å². The molecule has 2 unspecified atom stereocenters. The van der Waals surface area contributed by atoms with Gasteiger partial charge in [0.05, 0.1) is 18.1 Å². The van der Waals surface area contributed by atoms with Crippen LogP contribution in [0, 0.1) is 11.2 Å². The van der Waals surface area contributed by atoms with E-state index in [0.29, 0.717) is 19.6 Å². The Hall–Kier alpha value is -1.17. The van der Waals surface area contributed by atoms with Gasteiger partial charge in [-0.15, -0.1) is 12.4 Å². The second-order valence-electron chi connectivity index (χ2n) is 6.39. The maximum Gasteiger partial charge on any atom is 0.230 e. The smallest absolute Gasteiger partial charge is 0.230 e. The van der Waals surface area contributed by atoms with Gasteiger partial charge in [0.15, 0.2) is 0 Å². The molecule has 24 heavy (non-hydrogen) atoms. The SMILES string of the molecule is CCC(CC)(CN)C(=O)N1CC(C)OC(c2ccc(F)cc2)C1.Cl. The summed E-state index contributed by atoms with van der Waals surface area (Å²) in [6, 6.07) is 6.28. The predicted octanol–water partition coefficient (Wildman–Crippen LogP) is 3.30. The monoisotopic (exact) mass is 358 g/mol. The number of carbonyl (C=O) groups excluding carboxylic acids is 1. The second kappa shape index (κ2) is 8.79. The van der Waals surface area contributed by atoms with Crippen molar-refractivity contribution in [3.63, 3.8) is 0 Å². The molecule has 0 spiro atoms. The van der Waals surface area contributed by atoms with E-state index in [-0.39, 0.29) is 36.3 Å². The van der Waals surface area contributed by atoms with Crippen molar-refractivity contribution in [3.05, 3.63) is 35.6 Å². The zero-order valence-corrected chi connectivity index (χ0v) is 15.4. The van der Waals surface area contributed by atoms with Gasteiger partial charge in [-0.05, 0) is 37.5 Å². The molecule has 1 aromatic rings. The highest BCUT2D eigenvalue weighted by Gasteiger charge is 2.40. The van der Waals surface area contributed by atoms with Crippen LogP contribution in [0.5, 0.6) is 0 Å². The number of ether oxygens (including phenoxy) is 1. The number of nitrogens with two attached hydrogens (primary N) is 1. The number of amides is 1. The first kappa shape index (κ1) is 20.9. The molecule has 1 aromatic carbocycles. The Labute approximate surface area is 149 Å². The molecule has 6 heteroatoms. The van der Waals surface area contributed by atoms with Crippen molar-refractivity contribution >= 4 is 18.3 Å². The number of halogens is 2. The highest BCUT2D eigenvalue weighted by molar-refractivity contribution is 5.85. The van der Waals surface area contributed by atoms with Crippen molar-refractivity contribution in [2.45, 2.75) is 45.8 Å². The van der Waals surface area contributed by atoms with E-state index in [1.54, 1.807) is 12.1 Å². The minimum absolute atomic E-state index is 0. The lowest BCUT2D eigenvalue weighted by Gasteiger charge is -2.42. The van der Waals surface area contributed by atoms with Crippen LogP contribution in [0.4, 0.5) is 4.39 Å². The zero-order chi connectivity index (χ0) is 17.0. The normalized spacial score (nSPS) is 21.3. The van der Waals surface area contributed by atoms with E-state index in [9.17, 15) is 9.18 Å². The number of nitrogens with zero attached hydrogens (tertiary/aromatic N) is 1. The minimum atomic E-state index is -0.496. The second-order valence-corrected chi connectivity index (χ2v) is 6.39. The molecule has 0 aromatic heterocycles. The maximum atomic E-state index is 13.1. The molecule has 136 valence electrons. The van der Waals surface area contributed by atoms with Crippen LogP contribution in [-0.2, 0) is 9.53 Å². The number of morpholine rings is 1. The lowest BCUT2D eigenvalue weighted by molar-refractivity contribution is -0.155. The lowest BCUT2D eigenvalue weighted by Crippen LogP contribution is -2.53. The molecule has 1 saturated heterocycles. The molecule has 4 nitrogen and oxygen atoms in total. The zero-order valence-electron chi connectivity index (χ0n) is 14.6. The fourth-order valence-electron chi connectivity index (χ4n) is 3.24. The van der Waals surface area contributed by atoms with Crippen LogP contribution in [0.2, 0.25) is 0 Å². The van der Waals surface area contributed by atoms with Crippen molar-refractivity contribution in [1.29, 1.82) is 0 Å². The van der Waals surface area contributed by atoms with E-state index in [0.717, 1.165) is 18.4 Å². The Balaban J connectivity index is 0.00000288. The van der Waals surface area contributed by atoms with Crippen molar-refractivity contribution < 1.29 is 13.9 Å². The quantitative estimate of drug-likeness (QED) is 0.878. The molecule has 2 atom stereocenters. The third kappa shape index (κ3) is 4.26. The van der Waals surface area contributed by atoms with Crippen LogP contribution < -0.4 is 5.73 Å². The Morgan fingerprint density at radius 2 is 1.88 bits per heavy atom. The summed E-state index contributed by atoms with van der Waals surface area (Å²) in [4.78, 5) is 14.9. The Morgan fingerprint density at radius 3 is 2.38 bits per heavy atom. The first-order valence-corrected chi connectivity index (χ1v) is 8.36. The highest BCUT2D eigenvalue weighted by atomic mass is 35.5. The molecule has 2 rings (SSSR count). The summed E-state index contributed by atoms with van der Waals surface area (Å²) >= 11 is 0. The van der Waals surface area contributed by atoms with Crippen molar-refractivity contribution in [2.24, 2.45) is 11.1 Å². The van der Waals surface area contributed by atoms with Crippen molar-refractivity contribution in [2.75, 3.05) is 19.6 Å². The number of hydrogen-bond acceptors (Lipinski definition) is 3. The Bertz CT molecular complexity index is 526. The van der Waals surface area contributed by atoms with Crippen LogP contribution in [0.25, 0.3) is 0 Å². The van der Waals surface area contributed by atoms with Gasteiger partial charge in [0, 0.05) is 13.1 Å². The third-order valence-corrected chi connectivity index (χ3v) is 4.99. The van der Waals surface area contributed by atoms with E-state index < -0.39 is 5.41 Å². The summed E-state index contributed by atoms with van der Waals surface area (Å²) in [5.74, 6) is -0.170. The fraction of sp³-hybridized carbons (Fsp3) is 0.611. The molecule has 0 aliphatic carbocycles. The highest BCUT2D eigenvalue weighted by Crippen LogP contribution is 2.32. The van der Waals surface area contributed by atoms with Crippen LogP contribution in [0.1, 0.15) is 45.3 Å². The van der Waals surface area contributed by atoms with Gasteiger partial charge in [0.2, 0.25) is 5.91 Å². The van der Waals surface area contributed by atoms with Crippen LogP contribution in [0.3, 0.4) is 0 Å². The maximum absolute atomic E-state index is 13.1. The summed E-state index contributed by atoms with van der Waals surface area (Å²) in [5, 5.41) is 0. The van der Waals surface area contributed by atoms with Crippen LogP contribution >= 0.6 is 12.4 Å². The van der Waals surface area contributed by atoms with Gasteiger partial charge >= 0.3 is 0 Å². The van der Waals surface area contributed by atoms with Gasteiger partial charge in [-0.2, -0.15) is 0 Å². The van der Waals surface area contributed by atoms with Gasteiger partial charge in [-0.25, -0.2) is 4.39 Å². The molecular formula is C18H28ClFN2O2. The van der Waals surface area contributed by atoms with E-state index in [1.165, 1.54) is 12.1 Å². The number of hydrogen-bond donors (Lipinski definition) is 1. The van der Waals surface area contributed by atoms with Gasteiger partial charge in [-0.3, -0.25) is 4.79 Å². The summed E-state index contributed by atoms with van der Waals surface area (Å²) < 4.78 is 19.1. The Kier molecular flexibility index (Phi) is 7.64. The predicted molar refractivity (Wildman–Crippen MR) is 95.6 cm³/mol. The van der Waals surface area contributed by atoms with Crippen LogP contribution in [0.15, 0.2) is 24.3 Å². The van der Waals surface area contributed by atoms with Crippen molar-refractivity contribution in [3.8, 4) is 0 Å². The average Bonchev–Trinajstić information content (AvgIpc) is 2.57. The molecule has 0 saturated carbocycles. The van der Waals surface area contributed by atoms with Gasteiger partial charge in [0.1, 0.15) is 11.9 Å². The number of rotatable bonds is 5. The molecule has 2 N–H and O–H groups in total. The van der Waals surface area contributed by atoms with E-state index >= 15 is 0 Å². The van der Waals surface area contributed by atoms with E-state index in [4.69, 9.17) is 10.5 Å². The molecule has 1 fully saturated rings. The first-order chi connectivity index (χ1) is 11.0. The number of benzene rings is 1. The molecule has 1 amide bonds. The van der Waals surface area contributed by atoms with Crippen LogP contribution in [-0.4, -0.2) is 36.5 Å². The molecule has 0 bridgehead atoms. The average molecular weight is 359 g/mol. The van der Waals surface area contributed by atoms with Gasteiger partial charge < -0.3 is 15.4 Å². The summed E-state index contributed by atoms with van der Waals surface area (Å²) in [6.45, 7) is 7.38. The minimum Gasteiger partial charge on any atom is -0.367 e. The van der Waals surface area contributed by atoms with Gasteiger partial charge in [-0.1, -0.05) is 26.0 Å². The lowest BCUT2D eigenvalue weighted by atomic mass is 9.80. The summed E-state index contributed by atoms with van der Waals surface area (Å²) in [7, 11) is 0. The molecule has 1 aliphatic rings. The summed E-state index contributed by atoms with van der Waals surface area (Å²) in [5.41, 5.74) is 6.31.